The molecule has 0 aliphatic carbocycles. The van der Waals surface area contributed by atoms with Crippen LogP contribution < -0.4 is 0 Å². The van der Waals surface area contributed by atoms with Crippen LogP contribution in [0.4, 0.5) is 0 Å². The summed E-state index contributed by atoms with van der Waals surface area (Å²) >= 11 is 1.46. The van der Waals surface area contributed by atoms with Crippen LogP contribution in [0.15, 0.2) is 35.2 Å². The SMILES string of the molecule is CC(=O)C(Sc1ccccc1)C(C)(C)C#N. The molecule has 0 radical (unpaired) electrons. The predicted octanol–water partition coefficient (Wildman–Crippen LogP) is 3.29. The van der Waals surface area contributed by atoms with E-state index in [9.17, 15) is 4.79 Å². The first kappa shape index (κ1) is 12.8. The van der Waals surface area contributed by atoms with E-state index >= 15 is 0 Å². The molecule has 0 aliphatic heterocycles. The molecule has 0 aliphatic rings. The van der Waals surface area contributed by atoms with E-state index in [0.717, 1.165) is 4.90 Å². The van der Waals surface area contributed by atoms with Crippen LogP contribution in [0, 0.1) is 16.7 Å². The van der Waals surface area contributed by atoms with Crippen molar-refractivity contribution in [3.8, 4) is 6.07 Å². The van der Waals surface area contributed by atoms with Crippen LogP contribution in [0.25, 0.3) is 0 Å². The van der Waals surface area contributed by atoms with Gasteiger partial charge in [0.1, 0.15) is 5.78 Å². The van der Waals surface area contributed by atoms with Gasteiger partial charge in [0.05, 0.1) is 16.7 Å². The maximum Gasteiger partial charge on any atom is 0.144 e. The summed E-state index contributed by atoms with van der Waals surface area (Å²) < 4.78 is 0. The van der Waals surface area contributed by atoms with Crippen molar-refractivity contribution in [2.75, 3.05) is 0 Å². The highest BCUT2D eigenvalue weighted by molar-refractivity contribution is 8.00. The first-order valence-electron chi connectivity index (χ1n) is 5.11. The molecule has 0 saturated heterocycles. The number of carbonyl (C=O) groups is 1. The number of rotatable bonds is 4. The third-order valence-electron chi connectivity index (χ3n) is 2.31. The molecule has 0 N–H and O–H groups in total. The zero-order chi connectivity index (χ0) is 12.2. The quantitative estimate of drug-likeness (QED) is 0.749. The fourth-order valence-electron chi connectivity index (χ4n) is 1.43. The van der Waals surface area contributed by atoms with Crippen LogP contribution >= 0.6 is 11.8 Å². The third-order valence-corrected chi connectivity index (χ3v) is 4.01. The second-order valence-electron chi connectivity index (χ2n) is 4.26. The number of hydrogen-bond donors (Lipinski definition) is 0. The molecule has 2 nitrogen and oxygen atoms in total. The summed E-state index contributed by atoms with van der Waals surface area (Å²) in [6, 6.07) is 11.9. The van der Waals surface area contributed by atoms with E-state index in [2.05, 4.69) is 6.07 Å². The van der Waals surface area contributed by atoms with Gasteiger partial charge in [-0.1, -0.05) is 18.2 Å². The molecule has 0 fully saturated rings. The fraction of sp³-hybridized carbons (Fsp3) is 0.385. The van der Waals surface area contributed by atoms with Crippen LogP contribution in [0.5, 0.6) is 0 Å². The van der Waals surface area contributed by atoms with Gasteiger partial charge < -0.3 is 0 Å². The number of hydrogen-bond acceptors (Lipinski definition) is 3. The highest BCUT2D eigenvalue weighted by Crippen LogP contribution is 2.35. The molecule has 3 heteroatoms. The van der Waals surface area contributed by atoms with E-state index in [-0.39, 0.29) is 11.0 Å². The molecule has 1 aromatic carbocycles. The van der Waals surface area contributed by atoms with Crippen molar-refractivity contribution in [2.45, 2.75) is 30.9 Å². The van der Waals surface area contributed by atoms with Gasteiger partial charge in [-0.2, -0.15) is 5.26 Å². The van der Waals surface area contributed by atoms with Crippen LogP contribution in [-0.2, 0) is 4.79 Å². The number of carbonyl (C=O) groups excluding carboxylic acids is 1. The molecule has 0 heterocycles. The Morgan fingerprint density at radius 3 is 2.38 bits per heavy atom. The molecule has 0 bridgehead atoms. The molecule has 1 unspecified atom stereocenters. The number of ketones is 1. The lowest BCUT2D eigenvalue weighted by atomic mass is 9.89. The summed E-state index contributed by atoms with van der Waals surface area (Å²) in [6.07, 6.45) is 0. The standard InChI is InChI=1S/C13H15NOS/c1-10(15)12(13(2,3)9-14)16-11-7-5-4-6-8-11/h4-8,12H,1-3H3. The minimum Gasteiger partial charge on any atom is -0.299 e. The second-order valence-corrected chi connectivity index (χ2v) is 5.43. The van der Waals surface area contributed by atoms with E-state index in [1.807, 2.05) is 30.3 Å². The molecular weight excluding hydrogens is 218 g/mol. The fourth-order valence-corrected chi connectivity index (χ4v) is 2.53. The van der Waals surface area contributed by atoms with Gasteiger partial charge in [-0.25, -0.2) is 0 Å². The molecule has 0 spiro atoms. The number of Topliss-reactive ketones (excluding diaryl/α,β-unsaturated/α-hetero) is 1. The largest absolute Gasteiger partial charge is 0.299 e. The highest BCUT2D eigenvalue weighted by Gasteiger charge is 2.33. The van der Waals surface area contributed by atoms with Crippen molar-refractivity contribution in [3.05, 3.63) is 30.3 Å². The van der Waals surface area contributed by atoms with Crippen molar-refractivity contribution in [1.82, 2.24) is 0 Å². The van der Waals surface area contributed by atoms with Crippen molar-refractivity contribution in [2.24, 2.45) is 5.41 Å². The highest BCUT2D eigenvalue weighted by atomic mass is 32.2. The Balaban J connectivity index is 2.91. The normalized spacial score (nSPS) is 12.9. The Morgan fingerprint density at radius 1 is 1.38 bits per heavy atom. The summed E-state index contributed by atoms with van der Waals surface area (Å²) in [7, 11) is 0. The molecule has 84 valence electrons. The Labute approximate surface area is 101 Å². The Bertz CT molecular complexity index is 406. The number of nitriles is 1. The lowest BCUT2D eigenvalue weighted by Crippen LogP contribution is -2.31. The Kier molecular flexibility index (Phi) is 4.14. The summed E-state index contributed by atoms with van der Waals surface area (Å²) in [5, 5.41) is 8.76. The van der Waals surface area contributed by atoms with E-state index < -0.39 is 5.41 Å². The lowest BCUT2D eigenvalue weighted by molar-refractivity contribution is -0.117. The smallest absolute Gasteiger partial charge is 0.144 e. The predicted molar refractivity (Wildman–Crippen MR) is 66.2 cm³/mol. The topological polar surface area (TPSA) is 40.9 Å². The molecule has 0 saturated carbocycles. The van der Waals surface area contributed by atoms with Gasteiger partial charge in [-0.15, -0.1) is 11.8 Å². The summed E-state index contributed by atoms with van der Waals surface area (Å²) in [6.45, 7) is 5.14. The average Bonchev–Trinajstić information content (AvgIpc) is 2.26. The lowest BCUT2D eigenvalue weighted by Gasteiger charge is -2.25. The van der Waals surface area contributed by atoms with E-state index in [4.69, 9.17) is 5.26 Å². The maximum absolute atomic E-state index is 11.6. The summed E-state index contributed by atoms with van der Waals surface area (Å²) in [5.41, 5.74) is -0.646. The van der Waals surface area contributed by atoms with Gasteiger partial charge in [0.15, 0.2) is 0 Å². The van der Waals surface area contributed by atoms with Gasteiger partial charge in [0.25, 0.3) is 0 Å². The van der Waals surface area contributed by atoms with Crippen molar-refractivity contribution >= 4 is 17.5 Å². The minimum atomic E-state index is -0.646. The molecule has 0 amide bonds. The van der Waals surface area contributed by atoms with Gasteiger partial charge >= 0.3 is 0 Å². The average molecular weight is 233 g/mol. The van der Waals surface area contributed by atoms with E-state index in [0.29, 0.717) is 0 Å². The van der Waals surface area contributed by atoms with Crippen LogP contribution in [0.3, 0.4) is 0 Å². The molecule has 0 aromatic heterocycles. The number of benzene rings is 1. The number of nitrogens with zero attached hydrogens (tertiary/aromatic N) is 1. The van der Waals surface area contributed by atoms with Gasteiger partial charge in [0, 0.05) is 4.90 Å². The molecule has 1 atom stereocenters. The van der Waals surface area contributed by atoms with Crippen molar-refractivity contribution in [3.63, 3.8) is 0 Å². The Hall–Kier alpha value is -1.27. The van der Waals surface area contributed by atoms with Crippen molar-refractivity contribution < 1.29 is 4.79 Å². The summed E-state index contributed by atoms with van der Waals surface area (Å²) in [4.78, 5) is 12.6. The van der Waals surface area contributed by atoms with Gasteiger partial charge in [-0.05, 0) is 32.9 Å². The second kappa shape index (κ2) is 5.18. The zero-order valence-corrected chi connectivity index (χ0v) is 10.5. The molecule has 16 heavy (non-hydrogen) atoms. The molecular formula is C13H15NOS. The first-order chi connectivity index (χ1) is 7.47. The minimum absolute atomic E-state index is 0.0420. The molecule has 1 aromatic rings. The summed E-state index contributed by atoms with van der Waals surface area (Å²) in [5.74, 6) is 0.0420. The molecule has 1 rings (SSSR count). The van der Waals surface area contributed by atoms with Gasteiger partial charge in [-0.3, -0.25) is 4.79 Å². The first-order valence-corrected chi connectivity index (χ1v) is 5.99. The van der Waals surface area contributed by atoms with Gasteiger partial charge in [0.2, 0.25) is 0 Å². The van der Waals surface area contributed by atoms with Crippen LogP contribution in [0.2, 0.25) is 0 Å². The van der Waals surface area contributed by atoms with E-state index in [1.54, 1.807) is 20.8 Å². The van der Waals surface area contributed by atoms with E-state index in [1.165, 1.54) is 11.8 Å². The third kappa shape index (κ3) is 3.11. The van der Waals surface area contributed by atoms with Crippen LogP contribution in [-0.4, -0.2) is 11.0 Å². The van der Waals surface area contributed by atoms with Crippen LogP contribution in [0.1, 0.15) is 20.8 Å². The maximum atomic E-state index is 11.6. The monoisotopic (exact) mass is 233 g/mol. The number of thioether (sulfide) groups is 1. The zero-order valence-electron chi connectivity index (χ0n) is 9.73. The van der Waals surface area contributed by atoms with Crippen molar-refractivity contribution in [1.29, 1.82) is 5.26 Å². The Morgan fingerprint density at radius 2 is 1.94 bits per heavy atom.